The van der Waals surface area contributed by atoms with Crippen molar-refractivity contribution in [3.05, 3.63) is 0 Å². The maximum atomic E-state index is 12.4. The van der Waals surface area contributed by atoms with Crippen LogP contribution in [0.5, 0.6) is 0 Å². The summed E-state index contributed by atoms with van der Waals surface area (Å²) in [5.74, 6) is -3.05. The van der Waals surface area contributed by atoms with Gasteiger partial charge in [-0.3, -0.25) is 33.7 Å². The molecule has 292 valence electrons. The van der Waals surface area contributed by atoms with Crippen molar-refractivity contribution in [2.45, 2.75) is 62.7 Å². The van der Waals surface area contributed by atoms with E-state index in [-0.39, 0.29) is 122 Å². The smallest absolute Gasteiger partial charge is 0.407 e. The molecule has 0 spiro atoms. The Hall–Kier alpha value is -3.60. The number of carboxylic acid groups (broad SMARTS) is 1. The fraction of sp³-hybridized carbons (Fsp3) is 0.767. The molecular weight excluding hydrogens is 700 g/mol. The molecule has 51 heavy (non-hydrogen) atoms. The Morgan fingerprint density at radius 1 is 0.902 bits per heavy atom. The summed E-state index contributed by atoms with van der Waals surface area (Å²) in [5.41, 5.74) is 5.44. The van der Waals surface area contributed by atoms with Gasteiger partial charge in [0.1, 0.15) is 12.6 Å². The molecule has 0 aromatic rings. The van der Waals surface area contributed by atoms with E-state index in [0.717, 1.165) is 16.7 Å². The van der Waals surface area contributed by atoms with Crippen LogP contribution in [0, 0.1) is 0 Å². The number of carbonyl (C=O) groups is 7. The third-order valence-corrected chi connectivity index (χ3v) is 8.30. The number of likely N-dealkylation sites (tertiary alicyclic amines) is 1. The first-order chi connectivity index (χ1) is 24.4. The lowest BCUT2D eigenvalue weighted by Crippen LogP contribution is -2.37. The fourth-order valence-electron chi connectivity index (χ4n) is 4.08. The maximum absolute atomic E-state index is 12.4. The minimum atomic E-state index is -1.19. The van der Waals surface area contributed by atoms with Crippen molar-refractivity contribution in [1.29, 1.82) is 0 Å². The predicted molar refractivity (Wildman–Crippen MR) is 180 cm³/mol. The van der Waals surface area contributed by atoms with Gasteiger partial charge in [-0.2, -0.15) is 0 Å². The van der Waals surface area contributed by atoms with Gasteiger partial charge in [0.25, 0.3) is 0 Å². The van der Waals surface area contributed by atoms with Gasteiger partial charge in [-0.15, -0.1) is 11.8 Å². The molecule has 8 N–H and O–H groups in total. The second-order valence-electron chi connectivity index (χ2n) is 10.9. The number of alkyl carbamates (subject to hydrolysis) is 1. The molecule has 20 nitrogen and oxygen atoms in total. The van der Waals surface area contributed by atoms with Crippen LogP contribution in [0.1, 0.15) is 39.0 Å². The molecule has 1 aliphatic rings. The number of ether oxygens (including phenoxy) is 5. The number of thioether (sulfide) groups is 1. The summed E-state index contributed by atoms with van der Waals surface area (Å²) in [6, 6.07) is -1.14. The highest BCUT2D eigenvalue weighted by Crippen LogP contribution is 2.25. The number of carbonyl (C=O) groups excluding carboxylic acids is 6. The van der Waals surface area contributed by atoms with E-state index < -0.39 is 47.6 Å². The lowest BCUT2D eigenvalue weighted by atomic mass is 10.3. The number of hydrogen-bond acceptors (Lipinski definition) is 15. The number of aliphatic carboxylic acids is 1. The average molecular weight is 753 g/mol. The summed E-state index contributed by atoms with van der Waals surface area (Å²) in [7, 11) is 1.39. The number of aliphatic hydroxyl groups excluding tert-OH is 1. The zero-order valence-corrected chi connectivity index (χ0v) is 29.9. The Morgan fingerprint density at radius 2 is 1.53 bits per heavy atom. The van der Waals surface area contributed by atoms with Crippen LogP contribution < -0.4 is 27.0 Å². The molecule has 0 aliphatic carbocycles. The van der Waals surface area contributed by atoms with Gasteiger partial charge in [-0.25, -0.2) is 4.79 Å². The minimum absolute atomic E-state index is 0.00847. The zero-order chi connectivity index (χ0) is 38.0. The van der Waals surface area contributed by atoms with Crippen LogP contribution >= 0.6 is 11.8 Å². The van der Waals surface area contributed by atoms with E-state index in [9.17, 15) is 33.6 Å². The fourth-order valence-corrected chi connectivity index (χ4v) is 5.19. The van der Waals surface area contributed by atoms with Crippen LogP contribution in [0.3, 0.4) is 0 Å². The molecule has 4 unspecified atom stereocenters. The number of aliphatic hydroxyl groups is 1. The SMILES string of the molecule is CCC(COC(=O)NCCC(=O)NCCNC(=O)CCOCCOCCNC(=O)CCN1C(=O)CC(SCC(N)C(=O)O)C1=O)OC(CO)OC. The zero-order valence-electron chi connectivity index (χ0n) is 29.1. The standard InChI is InChI=1S/C30H52N6O14S/c1-3-20(50-27(17-37)46-2)18-49-30(45)35-7-4-23(38)32-8-9-33-25(40)6-12-47-14-15-48-13-10-34-24(39)5-11-36-26(41)16-22(28(36)42)51-19-21(31)29(43)44/h20-22,27,37H,3-19,31H2,1-2H3,(H,32,38)(H,33,40)(H,34,39)(H,35,45)(H,43,44). The first-order valence-corrected chi connectivity index (χ1v) is 17.6. The number of imide groups is 1. The molecule has 4 atom stereocenters. The van der Waals surface area contributed by atoms with Gasteiger partial charge in [-0.1, -0.05) is 6.92 Å². The maximum Gasteiger partial charge on any atom is 0.407 e. The number of carboxylic acids is 1. The Kier molecular flexibility index (Phi) is 24.1. The largest absolute Gasteiger partial charge is 0.480 e. The minimum Gasteiger partial charge on any atom is -0.480 e. The summed E-state index contributed by atoms with van der Waals surface area (Å²) in [6.07, 6.45) is -1.51. The predicted octanol–water partition coefficient (Wildman–Crippen LogP) is -2.70. The molecule has 1 aliphatic heterocycles. The Morgan fingerprint density at radius 3 is 2.16 bits per heavy atom. The van der Waals surface area contributed by atoms with Gasteiger partial charge in [0.05, 0.1) is 44.4 Å². The molecular formula is C30H52N6O14S. The number of nitrogens with one attached hydrogen (secondary N) is 4. The summed E-state index contributed by atoms with van der Waals surface area (Å²) in [5, 5.41) is 27.6. The van der Waals surface area contributed by atoms with Crippen molar-refractivity contribution in [1.82, 2.24) is 26.2 Å². The van der Waals surface area contributed by atoms with Crippen LogP contribution in [0.15, 0.2) is 0 Å². The highest BCUT2D eigenvalue weighted by atomic mass is 32.2. The van der Waals surface area contributed by atoms with Crippen LogP contribution in [-0.2, 0) is 52.5 Å². The van der Waals surface area contributed by atoms with E-state index in [1.807, 2.05) is 6.92 Å². The van der Waals surface area contributed by atoms with Crippen molar-refractivity contribution in [2.75, 3.05) is 85.2 Å². The normalized spacial score (nSPS) is 15.9. The van der Waals surface area contributed by atoms with Gasteiger partial charge < -0.3 is 60.9 Å². The monoisotopic (exact) mass is 752 g/mol. The van der Waals surface area contributed by atoms with Gasteiger partial charge in [0.2, 0.25) is 29.5 Å². The summed E-state index contributed by atoms with van der Waals surface area (Å²) in [4.78, 5) is 84.2. The first kappa shape index (κ1) is 45.4. The van der Waals surface area contributed by atoms with Crippen molar-refractivity contribution in [2.24, 2.45) is 5.73 Å². The van der Waals surface area contributed by atoms with Crippen LogP contribution in [0.2, 0.25) is 0 Å². The van der Waals surface area contributed by atoms with E-state index in [4.69, 9.17) is 39.6 Å². The number of hydrogen-bond donors (Lipinski definition) is 7. The van der Waals surface area contributed by atoms with E-state index in [1.54, 1.807) is 0 Å². The van der Waals surface area contributed by atoms with E-state index in [1.165, 1.54) is 7.11 Å². The molecule has 0 aromatic heterocycles. The van der Waals surface area contributed by atoms with Crippen molar-refractivity contribution in [3.8, 4) is 0 Å². The third-order valence-electron chi connectivity index (χ3n) is 6.98. The first-order valence-electron chi connectivity index (χ1n) is 16.5. The second-order valence-corrected chi connectivity index (χ2v) is 12.2. The lowest BCUT2D eigenvalue weighted by Gasteiger charge is -2.21. The molecule has 1 rings (SSSR count). The molecule has 1 fully saturated rings. The number of rotatable bonds is 29. The third kappa shape index (κ3) is 20.7. The Bertz CT molecular complexity index is 1120. The van der Waals surface area contributed by atoms with Crippen molar-refractivity contribution < 1.29 is 67.5 Å². The van der Waals surface area contributed by atoms with Gasteiger partial charge in [0, 0.05) is 71.3 Å². The van der Waals surface area contributed by atoms with Crippen LogP contribution in [0.25, 0.3) is 0 Å². The number of nitrogens with zero attached hydrogens (tertiary/aromatic N) is 1. The Labute approximate surface area is 300 Å². The highest BCUT2D eigenvalue weighted by molar-refractivity contribution is 8.00. The summed E-state index contributed by atoms with van der Waals surface area (Å²) >= 11 is 1.01. The van der Waals surface area contributed by atoms with Crippen LogP contribution in [-0.4, -0.2) is 166 Å². The quantitative estimate of drug-likeness (QED) is 0.0232. The molecule has 0 radical (unpaired) electrons. The van der Waals surface area contributed by atoms with E-state index in [0.29, 0.717) is 6.42 Å². The van der Waals surface area contributed by atoms with Crippen molar-refractivity contribution >= 4 is 53.4 Å². The highest BCUT2D eigenvalue weighted by Gasteiger charge is 2.39. The van der Waals surface area contributed by atoms with Gasteiger partial charge >= 0.3 is 12.1 Å². The Balaban J connectivity index is 1.99. The van der Waals surface area contributed by atoms with E-state index >= 15 is 0 Å². The molecule has 0 bridgehead atoms. The van der Waals surface area contributed by atoms with Crippen molar-refractivity contribution in [3.63, 3.8) is 0 Å². The van der Waals surface area contributed by atoms with Gasteiger partial charge in [-0.05, 0) is 6.42 Å². The number of nitrogens with two attached hydrogens (primary N) is 1. The second kappa shape index (κ2) is 27.1. The summed E-state index contributed by atoms with van der Waals surface area (Å²) < 4.78 is 26.1. The van der Waals surface area contributed by atoms with Gasteiger partial charge in [0.15, 0.2) is 6.29 Å². The average Bonchev–Trinajstić information content (AvgIpc) is 3.38. The molecule has 1 saturated heterocycles. The number of amides is 6. The molecule has 0 aromatic carbocycles. The lowest BCUT2D eigenvalue weighted by molar-refractivity contribution is -0.181. The molecule has 21 heteroatoms. The summed E-state index contributed by atoms with van der Waals surface area (Å²) in [6.45, 7) is 2.81. The molecule has 6 amide bonds. The molecule has 1 heterocycles. The number of methoxy groups -OCH3 is 1. The molecule has 0 saturated carbocycles. The topological polar surface area (TPSA) is 283 Å². The van der Waals surface area contributed by atoms with Crippen LogP contribution in [0.4, 0.5) is 4.79 Å². The van der Waals surface area contributed by atoms with E-state index in [2.05, 4.69) is 21.3 Å².